The average molecular weight is 389 g/mol. The van der Waals surface area contributed by atoms with Crippen LogP contribution in [0.3, 0.4) is 0 Å². The summed E-state index contributed by atoms with van der Waals surface area (Å²) in [7, 11) is 0. The van der Waals surface area contributed by atoms with Gasteiger partial charge in [-0.1, -0.05) is 36.6 Å². The van der Waals surface area contributed by atoms with Gasteiger partial charge in [0.25, 0.3) is 0 Å². The number of aliphatic hydroxyl groups excluding tert-OH is 1. The third kappa shape index (κ3) is 4.37. The van der Waals surface area contributed by atoms with Crippen LogP contribution in [0.4, 0.5) is 0 Å². The molecule has 2 N–H and O–H groups in total. The van der Waals surface area contributed by atoms with Crippen LogP contribution < -0.4 is 0 Å². The number of aliphatic hydroxyl groups is 1. The molecule has 0 amide bonds. The molecule has 1 aromatic carbocycles. The Morgan fingerprint density at radius 3 is 2.67 bits per heavy atom. The highest BCUT2D eigenvalue weighted by Crippen LogP contribution is 2.29. The lowest BCUT2D eigenvalue weighted by atomic mass is 10.0. The Labute approximate surface area is 166 Å². The second-order valence-corrected chi connectivity index (χ2v) is 8.29. The second kappa shape index (κ2) is 8.74. The standard InChI is InChI=1S/C21H29ClN4O/c22-18-7-5-16(6-8-18)21-17(13-23-24-21)14-25-10-11-26(19-3-1-2-4-19)20(15-25)9-12-27/h5-8,13,19-20,27H,1-4,9-12,14-15H2,(H,23,24)/t20-/m1/s1. The SMILES string of the molecule is OCC[C@@H]1CN(Cc2cn[nH]c2-c2ccc(Cl)cc2)CCN1C1CCCC1. The van der Waals surface area contributed by atoms with E-state index in [1.54, 1.807) is 0 Å². The van der Waals surface area contributed by atoms with Crippen molar-refractivity contribution in [1.29, 1.82) is 0 Å². The molecule has 5 nitrogen and oxygen atoms in total. The zero-order valence-corrected chi connectivity index (χ0v) is 16.5. The molecule has 2 fully saturated rings. The largest absolute Gasteiger partial charge is 0.396 e. The van der Waals surface area contributed by atoms with Crippen molar-refractivity contribution in [2.75, 3.05) is 26.2 Å². The van der Waals surface area contributed by atoms with E-state index >= 15 is 0 Å². The molecular weight excluding hydrogens is 360 g/mol. The minimum Gasteiger partial charge on any atom is -0.396 e. The Balaban J connectivity index is 1.44. The molecule has 1 aliphatic heterocycles. The normalized spacial score (nSPS) is 22.5. The third-order valence-corrected chi connectivity index (χ3v) is 6.37. The van der Waals surface area contributed by atoms with Gasteiger partial charge in [-0.05, 0) is 37.0 Å². The minimum atomic E-state index is 0.267. The molecular formula is C21H29ClN4O. The molecule has 146 valence electrons. The maximum absolute atomic E-state index is 9.57. The van der Waals surface area contributed by atoms with Crippen molar-refractivity contribution in [2.24, 2.45) is 0 Å². The monoisotopic (exact) mass is 388 g/mol. The molecule has 0 unspecified atom stereocenters. The first-order chi connectivity index (χ1) is 13.2. The van der Waals surface area contributed by atoms with Gasteiger partial charge >= 0.3 is 0 Å². The van der Waals surface area contributed by atoms with Crippen LogP contribution in [0.2, 0.25) is 5.02 Å². The molecule has 1 aliphatic carbocycles. The van der Waals surface area contributed by atoms with E-state index in [0.29, 0.717) is 6.04 Å². The number of nitrogens with zero attached hydrogens (tertiary/aromatic N) is 3. The van der Waals surface area contributed by atoms with E-state index in [1.165, 1.54) is 31.2 Å². The summed E-state index contributed by atoms with van der Waals surface area (Å²) in [6, 6.07) is 9.08. The molecule has 2 aliphatic rings. The van der Waals surface area contributed by atoms with Crippen molar-refractivity contribution in [1.82, 2.24) is 20.0 Å². The topological polar surface area (TPSA) is 55.4 Å². The van der Waals surface area contributed by atoms with Gasteiger partial charge in [0.05, 0.1) is 11.9 Å². The smallest absolute Gasteiger partial charge is 0.0695 e. The predicted molar refractivity (Wildman–Crippen MR) is 109 cm³/mol. The summed E-state index contributed by atoms with van der Waals surface area (Å²) in [6.07, 6.45) is 8.16. The maximum Gasteiger partial charge on any atom is 0.0695 e. The molecule has 0 radical (unpaired) electrons. The summed E-state index contributed by atoms with van der Waals surface area (Å²) in [4.78, 5) is 5.19. The van der Waals surface area contributed by atoms with Crippen molar-refractivity contribution >= 4 is 11.6 Å². The molecule has 1 saturated heterocycles. The van der Waals surface area contributed by atoms with Gasteiger partial charge in [-0.2, -0.15) is 5.10 Å². The quantitative estimate of drug-likeness (QED) is 0.794. The summed E-state index contributed by atoms with van der Waals surface area (Å²) >= 11 is 6.02. The Morgan fingerprint density at radius 2 is 1.93 bits per heavy atom. The Hall–Kier alpha value is -1.40. The third-order valence-electron chi connectivity index (χ3n) is 6.11. The zero-order chi connectivity index (χ0) is 18.6. The van der Waals surface area contributed by atoms with Gasteiger partial charge in [0.15, 0.2) is 0 Å². The summed E-state index contributed by atoms with van der Waals surface area (Å²) in [6.45, 7) is 4.34. The van der Waals surface area contributed by atoms with E-state index in [0.717, 1.165) is 54.9 Å². The highest BCUT2D eigenvalue weighted by molar-refractivity contribution is 6.30. The molecule has 1 atom stereocenters. The molecule has 2 aromatic rings. The molecule has 0 bridgehead atoms. The summed E-state index contributed by atoms with van der Waals surface area (Å²) in [5.41, 5.74) is 3.40. The van der Waals surface area contributed by atoms with Crippen LogP contribution in [0.1, 0.15) is 37.7 Å². The Bertz CT molecular complexity index is 726. The van der Waals surface area contributed by atoms with Gasteiger partial charge in [-0.25, -0.2) is 0 Å². The molecule has 2 heterocycles. The number of nitrogens with one attached hydrogen (secondary N) is 1. The van der Waals surface area contributed by atoms with E-state index in [4.69, 9.17) is 11.6 Å². The van der Waals surface area contributed by atoms with E-state index in [2.05, 4.69) is 20.0 Å². The number of aromatic amines is 1. The number of rotatable bonds is 6. The number of piperazine rings is 1. The highest BCUT2D eigenvalue weighted by Gasteiger charge is 2.33. The fourth-order valence-corrected chi connectivity index (χ4v) is 4.86. The van der Waals surface area contributed by atoms with Crippen molar-refractivity contribution in [2.45, 2.75) is 50.7 Å². The Morgan fingerprint density at radius 1 is 1.15 bits per heavy atom. The van der Waals surface area contributed by atoms with Crippen LogP contribution >= 0.6 is 11.6 Å². The molecule has 1 saturated carbocycles. The van der Waals surface area contributed by atoms with Gasteiger partial charge in [-0.3, -0.25) is 14.9 Å². The first-order valence-corrected chi connectivity index (χ1v) is 10.5. The van der Waals surface area contributed by atoms with Gasteiger partial charge < -0.3 is 5.11 Å². The fourth-order valence-electron chi connectivity index (χ4n) is 4.74. The lowest BCUT2D eigenvalue weighted by Gasteiger charge is -2.44. The number of H-pyrrole nitrogens is 1. The molecule has 0 spiro atoms. The predicted octanol–water partition coefficient (Wildman–Crippen LogP) is 3.54. The summed E-state index contributed by atoms with van der Waals surface area (Å²) < 4.78 is 0. The molecule has 27 heavy (non-hydrogen) atoms. The van der Waals surface area contributed by atoms with Crippen LogP contribution in [0.15, 0.2) is 30.5 Å². The van der Waals surface area contributed by atoms with Crippen molar-refractivity contribution in [3.05, 3.63) is 41.0 Å². The van der Waals surface area contributed by atoms with Gasteiger partial charge in [0.2, 0.25) is 0 Å². The van der Waals surface area contributed by atoms with Crippen molar-refractivity contribution in [3.8, 4) is 11.3 Å². The van der Waals surface area contributed by atoms with E-state index in [9.17, 15) is 5.11 Å². The number of aromatic nitrogens is 2. The van der Waals surface area contributed by atoms with E-state index in [-0.39, 0.29) is 6.61 Å². The lowest BCUT2D eigenvalue weighted by molar-refractivity contribution is 0.0268. The average Bonchev–Trinajstić information content (AvgIpc) is 3.35. The van der Waals surface area contributed by atoms with Crippen LogP contribution in [0, 0.1) is 0 Å². The maximum atomic E-state index is 9.57. The number of halogens is 1. The minimum absolute atomic E-state index is 0.267. The highest BCUT2D eigenvalue weighted by atomic mass is 35.5. The van der Waals surface area contributed by atoms with E-state index in [1.807, 2.05) is 30.5 Å². The summed E-state index contributed by atoms with van der Waals surface area (Å²) in [5.74, 6) is 0. The van der Waals surface area contributed by atoms with Gasteiger partial charge in [0.1, 0.15) is 0 Å². The van der Waals surface area contributed by atoms with Gasteiger partial charge in [0, 0.05) is 55.5 Å². The molecule has 6 heteroatoms. The number of benzene rings is 1. The van der Waals surface area contributed by atoms with E-state index < -0.39 is 0 Å². The summed E-state index contributed by atoms with van der Waals surface area (Å²) in [5, 5.41) is 17.7. The zero-order valence-electron chi connectivity index (χ0n) is 15.8. The van der Waals surface area contributed by atoms with Crippen molar-refractivity contribution in [3.63, 3.8) is 0 Å². The second-order valence-electron chi connectivity index (χ2n) is 7.85. The van der Waals surface area contributed by atoms with Gasteiger partial charge in [-0.15, -0.1) is 0 Å². The van der Waals surface area contributed by atoms with Crippen LogP contribution in [-0.2, 0) is 6.54 Å². The van der Waals surface area contributed by atoms with Crippen LogP contribution in [0.25, 0.3) is 11.3 Å². The first-order valence-electron chi connectivity index (χ1n) is 10.1. The van der Waals surface area contributed by atoms with Crippen LogP contribution in [0.5, 0.6) is 0 Å². The number of hydrogen-bond donors (Lipinski definition) is 2. The Kier molecular flexibility index (Phi) is 6.13. The van der Waals surface area contributed by atoms with Crippen LogP contribution in [-0.4, -0.2) is 63.4 Å². The van der Waals surface area contributed by atoms with Crippen molar-refractivity contribution < 1.29 is 5.11 Å². The lowest BCUT2D eigenvalue weighted by Crippen LogP contribution is -2.56. The fraction of sp³-hybridized carbons (Fsp3) is 0.571. The molecule has 1 aromatic heterocycles. The first kappa shape index (κ1) is 18.9. The number of hydrogen-bond acceptors (Lipinski definition) is 4. The molecule has 4 rings (SSSR count).